The Bertz CT molecular complexity index is 488. The molecular formula is C10H18BrNO4S2. The zero-order valence-electron chi connectivity index (χ0n) is 10.1. The molecule has 18 heavy (non-hydrogen) atoms. The fourth-order valence-corrected chi connectivity index (χ4v) is 7.18. The number of halogens is 1. The van der Waals surface area contributed by atoms with Gasteiger partial charge in [0.05, 0.1) is 16.8 Å². The van der Waals surface area contributed by atoms with Gasteiger partial charge in [-0.1, -0.05) is 15.9 Å². The van der Waals surface area contributed by atoms with Crippen LogP contribution in [0.2, 0.25) is 0 Å². The third-order valence-electron chi connectivity index (χ3n) is 3.61. The maximum atomic E-state index is 12.4. The van der Waals surface area contributed by atoms with Crippen molar-refractivity contribution >= 4 is 35.8 Å². The Labute approximate surface area is 117 Å². The molecule has 1 atom stereocenters. The van der Waals surface area contributed by atoms with Crippen molar-refractivity contribution in [3.05, 3.63) is 0 Å². The average molecular weight is 360 g/mol. The van der Waals surface area contributed by atoms with Gasteiger partial charge in [0.25, 0.3) is 0 Å². The molecule has 0 amide bonds. The van der Waals surface area contributed by atoms with Gasteiger partial charge in [-0.05, 0) is 25.7 Å². The highest BCUT2D eigenvalue weighted by atomic mass is 79.9. The van der Waals surface area contributed by atoms with Gasteiger partial charge < -0.3 is 0 Å². The molecule has 2 rings (SSSR count). The fraction of sp³-hybridized carbons (Fsp3) is 1.00. The van der Waals surface area contributed by atoms with Crippen molar-refractivity contribution in [3.8, 4) is 0 Å². The summed E-state index contributed by atoms with van der Waals surface area (Å²) in [5.41, 5.74) is 0. The summed E-state index contributed by atoms with van der Waals surface area (Å²) in [6, 6.07) is 0. The molecule has 2 aliphatic heterocycles. The Morgan fingerprint density at radius 3 is 2.28 bits per heavy atom. The molecule has 0 aromatic heterocycles. The van der Waals surface area contributed by atoms with Crippen molar-refractivity contribution in [2.75, 3.05) is 24.6 Å². The summed E-state index contributed by atoms with van der Waals surface area (Å²) in [6.07, 6.45) is 2.34. The first-order valence-electron chi connectivity index (χ1n) is 6.15. The van der Waals surface area contributed by atoms with E-state index in [1.165, 1.54) is 4.31 Å². The Morgan fingerprint density at radius 1 is 1.11 bits per heavy atom. The van der Waals surface area contributed by atoms with E-state index < -0.39 is 25.1 Å². The SMILES string of the molecule is O=S1(=O)CCC(S(=O)(=O)N2CCCC(Br)C2)CC1. The van der Waals surface area contributed by atoms with E-state index in [0.717, 1.165) is 12.8 Å². The first-order chi connectivity index (χ1) is 8.31. The van der Waals surface area contributed by atoms with Crippen LogP contribution in [0.4, 0.5) is 0 Å². The van der Waals surface area contributed by atoms with Gasteiger partial charge in [0.2, 0.25) is 10.0 Å². The highest BCUT2D eigenvalue weighted by Crippen LogP contribution is 2.26. The van der Waals surface area contributed by atoms with Gasteiger partial charge in [-0.3, -0.25) is 0 Å². The number of rotatable bonds is 2. The van der Waals surface area contributed by atoms with Crippen LogP contribution in [-0.2, 0) is 19.9 Å². The molecule has 0 spiro atoms. The monoisotopic (exact) mass is 359 g/mol. The summed E-state index contributed by atoms with van der Waals surface area (Å²) in [4.78, 5) is 0.216. The minimum Gasteiger partial charge on any atom is -0.229 e. The van der Waals surface area contributed by atoms with Crippen LogP contribution in [0, 0.1) is 0 Å². The molecule has 2 aliphatic rings. The Balaban J connectivity index is 2.07. The number of hydrogen-bond acceptors (Lipinski definition) is 4. The molecule has 0 bridgehead atoms. The Hall–Kier alpha value is 0.340. The number of sulfone groups is 1. The molecule has 8 heteroatoms. The molecule has 0 aromatic rings. The average Bonchev–Trinajstić information content (AvgIpc) is 2.28. The van der Waals surface area contributed by atoms with Gasteiger partial charge in [-0.25, -0.2) is 21.1 Å². The second-order valence-corrected chi connectivity index (χ2v) is 10.8. The predicted molar refractivity (Wildman–Crippen MR) is 74.1 cm³/mol. The molecule has 0 aromatic carbocycles. The van der Waals surface area contributed by atoms with Crippen LogP contribution in [0.5, 0.6) is 0 Å². The van der Waals surface area contributed by atoms with Crippen LogP contribution in [-0.4, -0.2) is 55.8 Å². The zero-order chi connectivity index (χ0) is 13.4. The number of piperidine rings is 1. The van der Waals surface area contributed by atoms with E-state index in [9.17, 15) is 16.8 Å². The molecule has 0 aliphatic carbocycles. The van der Waals surface area contributed by atoms with Crippen molar-refractivity contribution in [2.45, 2.75) is 35.8 Å². The normalized spacial score (nSPS) is 31.3. The molecule has 0 N–H and O–H groups in total. The fourth-order valence-electron chi connectivity index (χ4n) is 2.50. The number of hydrogen-bond donors (Lipinski definition) is 0. The van der Waals surface area contributed by atoms with Crippen LogP contribution >= 0.6 is 15.9 Å². The van der Waals surface area contributed by atoms with Gasteiger partial charge in [-0.2, -0.15) is 0 Å². The number of sulfonamides is 1. The molecule has 106 valence electrons. The van der Waals surface area contributed by atoms with Crippen molar-refractivity contribution in [3.63, 3.8) is 0 Å². The van der Waals surface area contributed by atoms with Crippen LogP contribution in [0.25, 0.3) is 0 Å². The summed E-state index contributed by atoms with van der Waals surface area (Å²) in [5, 5.41) is -0.515. The predicted octanol–water partition coefficient (Wildman–Crippen LogP) is 0.753. The van der Waals surface area contributed by atoms with Crippen molar-refractivity contribution < 1.29 is 16.8 Å². The van der Waals surface area contributed by atoms with Gasteiger partial charge in [0.1, 0.15) is 9.84 Å². The van der Waals surface area contributed by atoms with Crippen molar-refractivity contribution in [2.24, 2.45) is 0 Å². The standard InChI is InChI=1S/C10H18BrNO4S2/c11-9-2-1-5-12(8-9)18(15,16)10-3-6-17(13,14)7-4-10/h9-10H,1-8H2. The summed E-state index contributed by atoms with van der Waals surface area (Å²) in [6.45, 7) is 1.07. The lowest BCUT2D eigenvalue weighted by Gasteiger charge is -2.33. The minimum absolute atomic E-state index is 0.00246. The van der Waals surface area contributed by atoms with Crippen LogP contribution in [0.3, 0.4) is 0 Å². The lowest BCUT2D eigenvalue weighted by Crippen LogP contribution is -2.47. The third kappa shape index (κ3) is 3.26. The second-order valence-electron chi connectivity index (χ2n) is 4.99. The van der Waals surface area contributed by atoms with Crippen molar-refractivity contribution in [1.82, 2.24) is 4.31 Å². The summed E-state index contributed by atoms with van der Waals surface area (Å²) < 4.78 is 49.0. The summed E-state index contributed by atoms with van der Waals surface area (Å²) in [5.74, 6) is 0.00492. The van der Waals surface area contributed by atoms with Gasteiger partial charge >= 0.3 is 0 Å². The number of alkyl halides is 1. The topological polar surface area (TPSA) is 71.5 Å². The van der Waals surface area contributed by atoms with E-state index in [2.05, 4.69) is 15.9 Å². The third-order valence-corrected chi connectivity index (χ3v) is 8.44. The lowest BCUT2D eigenvalue weighted by molar-refractivity contribution is 0.349. The van der Waals surface area contributed by atoms with E-state index in [0.29, 0.717) is 13.1 Å². The molecule has 5 nitrogen and oxygen atoms in total. The van der Waals surface area contributed by atoms with E-state index in [-0.39, 0.29) is 29.2 Å². The highest BCUT2D eigenvalue weighted by molar-refractivity contribution is 9.09. The second kappa shape index (κ2) is 5.38. The highest BCUT2D eigenvalue weighted by Gasteiger charge is 2.38. The van der Waals surface area contributed by atoms with Crippen LogP contribution in [0.15, 0.2) is 0 Å². The first kappa shape index (κ1) is 14.7. The number of nitrogens with zero attached hydrogens (tertiary/aromatic N) is 1. The van der Waals surface area contributed by atoms with Crippen molar-refractivity contribution in [1.29, 1.82) is 0 Å². The maximum Gasteiger partial charge on any atom is 0.217 e. The van der Waals surface area contributed by atoms with Gasteiger partial charge in [0.15, 0.2) is 0 Å². The molecular weight excluding hydrogens is 342 g/mol. The van der Waals surface area contributed by atoms with Gasteiger partial charge in [-0.15, -0.1) is 0 Å². The van der Waals surface area contributed by atoms with Crippen LogP contribution in [0.1, 0.15) is 25.7 Å². The van der Waals surface area contributed by atoms with E-state index >= 15 is 0 Å². The molecule has 0 radical (unpaired) electrons. The van der Waals surface area contributed by atoms with E-state index in [1.807, 2.05) is 0 Å². The maximum absolute atomic E-state index is 12.4. The van der Waals surface area contributed by atoms with Crippen LogP contribution < -0.4 is 0 Å². The summed E-state index contributed by atoms with van der Waals surface area (Å²) in [7, 11) is -6.34. The molecule has 0 saturated carbocycles. The minimum atomic E-state index is -3.33. The van der Waals surface area contributed by atoms with Gasteiger partial charge in [0, 0.05) is 17.9 Å². The molecule has 1 unspecified atom stereocenters. The first-order valence-corrected chi connectivity index (χ1v) is 10.4. The largest absolute Gasteiger partial charge is 0.229 e. The zero-order valence-corrected chi connectivity index (χ0v) is 13.3. The quantitative estimate of drug-likeness (QED) is 0.682. The Morgan fingerprint density at radius 2 is 1.72 bits per heavy atom. The molecule has 2 saturated heterocycles. The van der Waals surface area contributed by atoms with E-state index in [4.69, 9.17) is 0 Å². The molecule has 2 fully saturated rings. The van der Waals surface area contributed by atoms with E-state index in [1.54, 1.807) is 0 Å². The smallest absolute Gasteiger partial charge is 0.217 e. The Kier molecular flexibility index (Phi) is 4.40. The summed E-state index contributed by atoms with van der Waals surface area (Å²) >= 11 is 3.46. The lowest BCUT2D eigenvalue weighted by atomic mass is 10.2. The molecule has 2 heterocycles.